The second kappa shape index (κ2) is 8.91. The highest BCUT2D eigenvalue weighted by molar-refractivity contribution is 6.08. The third-order valence-electron chi connectivity index (χ3n) is 4.97. The number of fused-ring (bicyclic) bond motifs is 1. The highest BCUT2D eigenvalue weighted by Crippen LogP contribution is 2.31. The van der Waals surface area contributed by atoms with Gasteiger partial charge >= 0.3 is 6.18 Å². The summed E-state index contributed by atoms with van der Waals surface area (Å²) in [4.78, 5) is 26.1. The molecule has 2 aliphatic rings. The van der Waals surface area contributed by atoms with Gasteiger partial charge in [0.2, 0.25) is 0 Å². The van der Waals surface area contributed by atoms with Crippen LogP contribution >= 0.6 is 0 Å². The number of carbonyl (C=O) groups excluding carboxylic acids is 1. The Morgan fingerprint density at radius 1 is 1.09 bits per heavy atom. The van der Waals surface area contributed by atoms with E-state index in [9.17, 15) is 22.8 Å². The first kappa shape index (κ1) is 22.3. The Morgan fingerprint density at radius 2 is 1.85 bits per heavy atom. The number of halogens is 3. The normalized spacial score (nSPS) is 11.6. The van der Waals surface area contributed by atoms with Gasteiger partial charge in [0, 0.05) is 31.7 Å². The second-order valence-corrected chi connectivity index (χ2v) is 7.25. The molecule has 2 aromatic rings. The largest absolute Gasteiger partial charge is 0.416 e. The van der Waals surface area contributed by atoms with Gasteiger partial charge in [0.15, 0.2) is 0 Å². The Bertz CT molecular complexity index is 1310. The first-order valence-electron chi connectivity index (χ1n) is 9.93. The molecule has 10 heteroatoms. The molecule has 2 aliphatic heterocycles. The van der Waals surface area contributed by atoms with Crippen molar-refractivity contribution in [1.29, 1.82) is 0 Å². The van der Waals surface area contributed by atoms with E-state index >= 15 is 0 Å². The smallest absolute Gasteiger partial charge is 0.383 e. The molecule has 0 spiro atoms. The van der Waals surface area contributed by atoms with Crippen molar-refractivity contribution in [3.63, 3.8) is 0 Å². The average molecular weight is 456 g/mol. The molecule has 0 bridgehead atoms. The van der Waals surface area contributed by atoms with E-state index in [-0.39, 0.29) is 22.5 Å². The van der Waals surface area contributed by atoms with Crippen LogP contribution < -0.4 is 10.9 Å². The van der Waals surface area contributed by atoms with E-state index in [1.54, 1.807) is 41.1 Å². The van der Waals surface area contributed by atoms with Crippen LogP contribution in [0.1, 0.15) is 15.9 Å². The summed E-state index contributed by atoms with van der Waals surface area (Å²) in [5.41, 5.74) is -0.423. The maximum Gasteiger partial charge on any atom is 0.416 e. The monoisotopic (exact) mass is 456 g/mol. The molecule has 0 saturated carbocycles. The minimum absolute atomic E-state index is 0.0277. The summed E-state index contributed by atoms with van der Waals surface area (Å²) >= 11 is 0. The number of aromatic nitrogens is 3. The van der Waals surface area contributed by atoms with Gasteiger partial charge in [-0.25, -0.2) is 0 Å². The predicted molar refractivity (Wildman–Crippen MR) is 116 cm³/mol. The minimum atomic E-state index is -4.55. The van der Waals surface area contributed by atoms with Crippen LogP contribution in [-0.4, -0.2) is 34.0 Å². The van der Waals surface area contributed by atoms with E-state index in [2.05, 4.69) is 10.4 Å². The number of para-hydroxylation sites is 1. The number of nitrogens with zero attached hydrogens (tertiary/aromatic N) is 3. The zero-order valence-electron chi connectivity index (χ0n) is 17.5. The Balaban J connectivity index is 1.78. The lowest BCUT2D eigenvalue weighted by atomic mass is 10.1. The van der Waals surface area contributed by atoms with Crippen molar-refractivity contribution in [3.8, 4) is 16.9 Å². The number of carbonyl (C=O) groups is 1. The summed E-state index contributed by atoms with van der Waals surface area (Å²) in [6, 6.07) is 13.0. The summed E-state index contributed by atoms with van der Waals surface area (Å²) in [6.07, 6.45) is -1.48. The van der Waals surface area contributed by atoms with Crippen LogP contribution in [0, 0.1) is 0 Å². The standard InChI is InChI=1S/C23H19F3N4O3/c1-33-11-10-29-13-18(21(31)27-16-7-5-6-15(12-16)23(24,25)26)20-19(14-29)22(32)30(28-20)17-8-3-2-4-9-17/h2-9,12-14H,10-11H2,1H3,(H,27,31). The number of nitrogens with one attached hydrogen (secondary N) is 1. The molecule has 0 radical (unpaired) electrons. The average Bonchev–Trinajstić information content (AvgIpc) is 3.13. The van der Waals surface area contributed by atoms with E-state index in [1.165, 1.54) is 30.1 Å². The molecule has 0 fully saturated rings. The summed E-state index contributed by atoms with van der Waals surface area (Å²) in [5.74, 6) is -0.691. The topological polar surface area (TPSA) is 78.2 Å². The quantitative estimate of drug-likeness (QED) is 0.475. The number of amides is 1. The lowest BCUT2D eigenvalue weighted by Crippen LogP contribution is -2.18. The number of rotatable bonds is 6. The fourth-order valence-corrected chi connectivity index (χ4v) is 3.37. The zero-order chi connectivity index (χ0) is 23.6. The Morgan fingerprint density at radius 3 is 2.55 bits per heavy atom. The second-order valence-electron chi connectivity index (χ2n) is 7.25. The maximum absolute atomic E-state index is 13.1. The fourth-order valence-electron chi connectivity index (χ4n) is 3.37. The van der Waals surface area contributed by atoms with Crippen molar-refractivity contribution in [2.45, 2.75) is 12.7 Å². The molecule has 0 unspecified atom stereocenters. The van der Waals surface area contributed by atoms with Crippen molar-refractivity contribution in [2.24, 2.45) is 0 Å². The molecule has 0 saturated heterocycles. The summed E-state index contributed by atoms with van der Waals surface area (Å²) in [5, 5.41) is 6.82. The third kappa shape index (κ3) is 4.65. The highest BCUT2D eigenvalue weighted by atomic mass is 19.4. The van der Waals surface area contributed by atoms with E-state index in [4.69, 9.17) is 4.74 Å². The molecule has 1 amide bonds. The molecule has 0 aromatic heterocycles. The SMILES string of the molecule is COCCn1cc(C(=O)Nc2cccc(C(F)(F)F)c2)c2nn(-c3ccccc3)c(=O)c-2c1. The molecule has 33 heavy (non-hydrogen) atoms. The van der Waals surface area contributed by atoms with Gasteiger partial charge in [0.1, 0.15) is 5.69 Å². The van der Waals surface area contributed by atoms with Gasteiger partial charge in [-0.05, 0) is 30.3 Å². The molecule has 7 nitrogen and oxygen atoms in total. The van der Waals surface area contributed by atoms with Crippen LogP contribution in [0.2, 0.25) is 0 Å². The molecule has 2 heterocycles. The van der Waals surface area contributed by atoms with Crippen LogP contribution in [0.15, 0.2) is 71.8 Å². The van der Waals surface area contributed by atoms with E-state index in [1.807, 2.05) is 0 Å². The van der Waals surface area contributed by atoms with Crippen LogP contribution in [0.25, 0.3) is 16.9 Å². The predicted octanol–water partition coefficient (Wildman–Crippen LogP) is 4.06. The fraction of sp³-hybridized carbons (Fsp3) is 0.174. The van der Waals surface area contributed by atoms with Crippen LogP contribution in [0.3, 0.4) is 0 Å². The number of alkyl halides is 3. The zero-order valence-corrected chi connectivity index (χ0v) is 17.5. The van der Waals surface area contributed by atoms with E-state index in [0.717, 1.165) is 12.1 Å². The molecular formula is C23H19F3N4O3. The van der Waals surface area contributed by atoms with Crippen LogP contribution in [-0.2, 0) is 17.5 Å². The minimum Gasteiger partial charge on any atom is -0.383 e. The van der Waals surface area contributed by atoms with Gasteiger partial charge in [0.05, 0.1) is 29.0 Å². The maximum atomic E-state index is 13.1. The molecule has 1 N–H and O–H groups in total. The molecule has 170 valence electrons. The lowest BCUT2D eigenvalue weighted by molar-refractivity contribution is -0.137. The Hall–Kier alpha value is -3.92. The molecule has 4 rings (SSSR count). The molecular weight excluding hydrogens is 437 g/mol. The highest BCUT2D eigenvalue weighted by Gasteiger charge is 2.31. The van der Waals surface area contributed by atoms with Crippen molar-refractivity contribution in [1.82, 2.24) is 14.3 Å². The van der Waals surface area contributed by atoms with E-state index in [0.29, 0.717) is 18.8 Å². The van der Waals surface area contributed by atoms with Gasteiger partial charge in [-0.2, -0.15) is 23.0 Å². The number of hydrogen-bond donors (Lipinski definition) is 1. The van der Waals surface area contributed by atoms with E-state index < -0.39 is 23.2 Å². The number of anilines is 1. The summed E-state index contributed by atoms with van der Waals surface area (Å²) in [6.45, 7) is 0.679. The van der Waals surface area contributed by atoms with Crippen molar-refractivity contribution >= 4 is 11.6 Å². The summed E-state index contributed by atoms with van der Waals surface area (Å²) < 4.78 is 47.0. The van der Waals surface area contributed by atoms with Crippen molar-refractivity contribution in [2.75, 3.05) is 19.0 Å². The molecule has 2 aromatic carbocycles. The lowest BCUT2D eigenvalue weighted by Gasteiger charge is -2.13. The number of methoxy groups -OCH3 is 1. The van der Waals surface area contributed by atoms with Gasteiger partial charge in [-0.1, -0.05) is 24.3 Å². The first-order valence-corrected chi connectivity index (χ1v) is 9.93. The first-order chi connectivity index (χ1) is 15.8. The third-order valence-corrected chi connectivity index (χ3v) is 4.97. The van der Waals surface area contributed by atoms with Crippen LogP contribution in [0.4, 0.5) is 18.9 Å². The van der Waals surface area contributed by atoms with Gasteiger partial charge in [-0.15, -0.1) is 0 Å². The van der Waals surface area contributed by atoms with Gasteiger partial charge in [-0.3, -0.25) is 9.59 Å². The molecule has 0 aliphatic carbocycles. The summed E-state index contributed by atoms with van der Waals surface area (Å²) in [7, 11) is 1.52. The number of benzene rings is 2. The van der Waals surface area contributed by atoms with Gasteiger partial charge < -0.3 is 14.6 Å². The molecule has 0 atom stereocenters. The van der Waals surface area contributed by atoms with Crippen molar-refractivity contribution < 1.29 is 22.7 Å². The number of pyridine rings is 1. The Kier molecular flexibility index (Phi) is 6.01. The number of ether oxygens (including phenoxy) is 1. The van der Waals surface area contributed by atoms with Crippen LogP contribution in [0.5, 0.6) is 0 Å². The van der Waals surface area contributed by atoms with Gasteiger partial charge in [0.25, 0.3) is 11.5 Å². The Labute approximate surface area is 186 Å². The number of hydrogen-bond acceptors (Lipinski definition) is 4. The van der Waals surface area contributed by atoms with Crippen molar-refractivity contribution in [3.05, 3.63) is 88.5 Å².